The molecule has 1 aromatic carbocycles. The van der Waals surface area contributed by atoms with Crippen molar-refractivity contribution in [3.8, 4) is 5.75 Å². The fourth-order valence-corrected chi connectivity index (χ4v) is 4.28. The van der Waals surface area contributed by atoms with E-state index in [1.165, 1.54) is 18.2 Å². The molecule has 0 saturated carbocycles. The van der Waals surface area contributed by atoms with Gasteiger partial charge in [-0.25, -0.2) is 8.42 Å². The van der Waals surface area contributed by atoms with Crippen LogP contribution in [0.25, 0.3) is 0 Å². The summed E-state index contributed by atoms with van der Waals surface area (Å²) < 4.78 is 27.1. The van der Waals surface area contributed by atoms with Crippen molar-refractivity contribution in [2.45, 2.75) is 4.21 Å². The molecule has 2 rings (SSSR count). The second kappa shape index (κ2) is 4.67. The zero-order valence-electron chi connectivity index (χ0n) is 8.42. The SMILES string of the molecule is O=S(=O)(Nc1ccccc1O)c1ccc(Br)s1. The van der Waals surface area contributed by atoms with Gasteiger partial charge in [-0.1, -0.05) is 12.1 Å². The molecule has 1 heterocycles. The lowest BCUT2D eigenvalue weighted by Gasteiger charge is -2.07. The van der Waals surface area contributed by atoms with Crippen LogP contribution in [0.5, 0.6) is 5.75 Å². The van der Waals surface area contributed by atoms with Gasteiger partial charge in [0.15, 0.2) is 0 Å². The van der Waals surface area contributed by atoms with E-state index in [0.717, 1.165) is 15.1 Å². The summed E-state index contributed by atoms with van der Waals surface area (Å²) >= 11 is 4.31. The van der Waals surface area contributed by atoms with Gasteiger partial charge in [0, 0.05) is 0 Å². The van der Waals surface area contributed by atoms with Crippen LogP contribution in [0.15, 0.2) is 44.4 Å². The van der Waals surface area contributed by atoms with E-state index in [4.69, 9.17) is 0 Å². The maximum atomic E-state index is 11.9. The van der Waals surface area contributed by atoms with Gasteiger partial charge in [0.1, 0.15) is 9.96 Å². The van der Waals surface area contributed by atoms with Crippen LogP contribution in [-0.4, -0.2) is 13.5 Å². The van der Waals surface area contributed by atoms with Gasteiger partial charge in [0.2, 0.25) is 0 Å². The van der Waals surface area contributed by atoms with Crippen LogP contribution in [0.3, 0.4) is 0 Å². The molecular formula is C10H8BrNO3S2. The number of hydrogen-bond acceptors (Lipinski definition) is 4. The van der Waals surface area contributed by atoms with Gasteiger partial charge in [-0.3, -0.25) is 4.72 Å². The van der Waals surface area contributed by atoms with Gasteiger partial charge in [-0.05, 0) is 40.2 Å². The number of thiophene rings is 1. The molecule has 4 nitrogen and oxygen atoms in total. The van der Waals surface area contributed by atoms with Crippen molar-refractivity contribution < 1.29 is 13.5 Å². The molecule has 0 amide bonds. The maximum Gasteiger partial charge on any atom is 0.271 e. The number of hydrogen-bond donors (Lipinski definition) is 2. The molecule has 0 atom stereocenters. The minimum Gasteiger partial charge on any atom is -0.506 e. The van der Waals surface area contributed by atoms with Crippen molar-refractivity contribution in [3.05, 3.63) is 40.2 Å². The Morgan fingerprint density at radius 2 is 1.88 bits per heavy atom. The number of sulfonamides is 1. The van der Waals surface area contributed by atoms with Gasteiger partial charge in [-0.2, -0.15) is 0 Å². The number of aromatic hydroxyl groups is 1. The van der Waals surface area contributed by atoms with Crippen LogP contribution >= 0.6 is 27.3 Å². The summed E-state index contributed by atoms with van der Waals surface area (Å²) in [7, 11) is -3.64. The van der Waals surface area contributed by atoms with Crippen molar-refractivity contribution in [1.29, 1.82) is 0 Å². The van der Waals surface area contributed by atoms with Crippen LogP contribution in [0.1, 0.15) is 0 Å². The lowest BCUT2D eigenvalue weighted by molar-refractivity contribution is 0.477. The molecule has 90 valence electrons. The normalized spacial score (nSPS) is 11.4. The molecule has 2 N–H and O–H groups in total. The van der Waals surface area contributed by atoms with Gasteiger partial charge < -0.3 is 5.11 Å². The number of anilines is 1. The average molecular weight is 334 g/mol. The van der Waals surface area contributed by atoms with E-state index in [-0.39, 0.29) is 15.6 Å². The Morgan fingerprint density at radius 1 is 1.18 bits per heavy atom. The molecule has 0 fully saturated rings. The molecule has 0 aliphatic carbocycles. The fourth-order valence-electron chi connectivity index (χ4n) is 1.20. The molecule has 0 unspecified atom stereocenters. The van der Waals surface area contributed by atoms with E-state index in [1.54, 1.807) is 18.2 Å². The van der Waals surface area contributed by atoms with E-state index < -0.39 is 10.0 Å². The highest BCUT2D eigenvalue weighted by molar-refractivity contribution is 9.11. The number of phenols is 1. The molecule has 7 heteroatoms. The highest BCUT2D eigenvalue weighted by atomic mass is 79.9. The summed E-state index contributed by atoms with van der Waals surface area (Å²) in [5.74, 6) is -0.105. The van der Waals surface area contributed by atoms with E-state index in [2.05, 4.69) is 20.7 Å². The average Bonchev–Trinajstić information content (AvgIpc) is 2.69. The Morgan fingerprint density at radius 3 is 2.47 bits per heavy atom. The number of para-hydroxylation sites is 2. The van der Waals surface area contributed by atoms with Crippen molar-refractivity contribution >= 4 is 43.0 Å². The van der Waals surface area contributed by atoms with Crippen molar-refractivity contribution in [3.63, 3.8) is 0 Å². The lowest BCUT2D eigenvalue weighted by atomic mass is 10.3. The zero-order valence-corrected chi connectivity index (χ0v) is 11.6. The van der Waals surface area contributed by atoms with Gasteiger partial charge >= 0.3 is 0 Å². The second-order valence-corrected chi connectivity index (χ2v) is 7.55. The highest BCUT2D eigenvalue weighted by Gasteiger charge is 2.17. The Kier molecular flexibility index (Phi) is 3.41. The summed E-state index contributed by atoms with van der Waals surface area (Å²) in [6.45, 7) is 0. The van der Waals surface area contributed by atoms with Crippen LogP contribution in [0, 0.1) is 0 Å². The number of rotatable bonds is 3. The second-order valence-electron chi connectivity index (χ2n) is 3.18. The molecule has 17 heavy (non-hydrogen) atoms. The first-order chi connectivity index (χ1) is 7.99. The van der Waals surface area contributed by atoms with Gasteiger partial charge in [0.05, 0.1) is 9.47 Å². The largest absolute Gasteiger partial charge is 0.506 e. The van der Waals surface area contributed by atoms with Gasteiger partial charge in [-0.15, -0.1) is 11.3 Å². The molecular weight excluding hydrogens is 326 g/mol. The molecule has 1 aromatic heterocycles. The summed E-state index contributed by atoms with van der Waals surface area (Å²) in [5, 5.41) is 9.49. The summed E-state index contributed by atoms with van der Waals surface area (Å²) in [4.78, 5) is 0. The monoisotopic (exact) mass is 333 g/mol. The number of benzene rings is 1. The third-order valence-electron chi connectivity index (χ3n) is 1.96. The van der Waals surface area contributed by atoms with E-state index in [9.17, 15) is 13.5 Å². The molecule has 0 bridgehead atoms. The summed E-state index contributed by atoms with van der Waals surface area (Å²) in [6, 6.07) is 9.33. The topological polar surface area (TPSA) is 66.4 Å². The first kappa shape index (κ1) is 12.4. The quantitative estimate of drug-likeness (QED) is 0.848. The predicted octanol–water partition coefficient (Wildman–Crippen LogP) is 3.02. The fraction of sp³-hybridized carbons (Fsp3) is 0. The standard InChI is InChI=1S/C10H8BrNO3S2/c11-9-5-6-10(16-9)17(14,15)12-7-3-1-2-4-8(7)13/h1-6,12-13H. The summed E-state index contributed by atoms with van der Waals surface area (Å²) in [5.41, 5.74) is 0.164. The first-order valence-electron chi connectivity index (χ1n) is 4.55. The minimum absolute atomic E-state index is 0.105. The number of nitrogens with one attached hydrogen (secondary N) is 1. The third-order valence-corrected chi connectivity index (χ3v) is 5.44. The van der Waals surface area contributed by atoms with Crippen molar-refractivity contribution in [2.75, 3.05) is 4.72 Å². The third kappa shape index (κ3) is 2.80. The Hall–Kier alpha value is -1.05. The van der Waals surface area contributed by atoms with Crippen molar-refractivity contribution in [1.82, 2.24) is 0 Å². The van der Waals surface area contributed by atoms with Crippen LogP contribution in [0.2, 0.25) is 0 Å². The smallest absolute Gasteiger partial charge is 0.271 e. The molecule has 0 aliphatic heterocycles. The van der Waals surface area contributed by atoms with E-state index >= 15 is 0 Å². The van der Waals surface area contributed by atoms with Gasteiger partial charge in [0.25, 0.3) is 10.0 Å². The maximum absolute atomic E-state index is 11.9. The number of halogens is 1. The molecule has 2 aromatic rings. The minimum atomic E-state index is -3.64. The molecule has 0 aliphatic rings. The summed E-state index contributed by atoms with van der Waals surface area (Å²) in [6.07, 6.45) is 0. The van der Waals surface area contributed by atoms with Crippen molar-refractivity contribution in [2.24, 2.45) is 0 Å². The van der Waals surface area contributed by atoms with E-state index in [0.29, 0.717) is 0 Å². The Labute approximate surface area is 111 Å². The zero-order chi connectivity index (χ0) is 12.5. The van der Waals surface area contributed by atoms with Crippen LogP contribution in [0.4, 0.5) is 5.69 Å². The predicted molar refractivity (Wildman–Crippen MR) is 70.9 cm³/mol. The van der Waals surface area contributed by atoms with Crippen LogP contribution in [-0.2, 0) is 10.0 Å². The van der Waals surface area contributed by atoms with Crippen LogP contribution < -0.4 is 4.72 Å². The Bertz CT molecular complexity index is 637. The number of phenolic OH excluding ortho intramolecular Hbond substituents is 1. The lowest BCUT2D eigenvalue weighted by Crippen LogP contribution is -2.11. The first-order valence-corrected chi connectivity index (χ1v) is 7.64. The van der Waals surface area contributed by atoms with E-state index in [1.807, 2.05) is 0 Å². The Balaban J connectivity index is 2.33. The molecule has 0 radical (unpaired) electrons. The highest BCUT2D eigenvalue weighted by Crippen LogP contribution is 2.29. The molecule has 0 saturated heterocycles. The molecule has 0 spiro atoms.